The molecule has 0 spiro atoms. The Hall–Kier alpha value is -5.67. The van der Waals surface area contributed by atoms with Crippen molar-refractivity contribution in [1.29, 1.82) is 0 Å². The second kappa shape index (κ2) is 44.6. The van der Waals surface area contributed by atoms with Gasteiger partial charge in [-0.3, -0.25) is 28.4 Å². The summed E-state index contributed by atoms with van der Waals surface area (Å²) in [5, 5.41) is 5.65. The molecule has 1 saturated heterocycles. The number of anilines is 2. The van der Waals surface area contributed by atoms with Gasteiger partial charge in [0.25, 0.3) is 15.7 Å². The number of allylic oxidation sites excluding steroid dienone is 6. The number of aromatic amines is 1. The largest absolute Gasteiger partial charge is 0.490 e. The van der Waals surface area contributed by atoms with Gasteiger partial charge in [0.1, 0.15) is 30.6 Å². The fourth-order valence-corrected chi connectivity index (χ4v) is 18.7. The van der Waals surface area contributed by atoms with Crippen molar-refractivity contribution >= 4 is 138 Å². The summed E-state index contributed by atoms with van der Waals surface area (Å²) >= 11 is 5.24. The molecule has 4 aromatic rings. The smallest absolute Gasteiger partial charge is 0.450 e. The van der Waals surface area contributed by atoms with Crippen LogP contribution in [0.15, 0.2) is 94.4 Å². The lowest BCUT2D eigenvalue weighted by Gasteiger charge is -2.25. The van der Waals surface area contributed by atoms with Gasteiger partial charge in [-0.1, -0.05) is 99.6 Å². The number of fused-ring (bicyclic) bond motifs is 3. The maximum atomic E-state index is 13.2. The molecule has 2 aromatic carbocycles. The number of para-hydroxylation sites is 1. The van der Waals surface area contributed by atoms with E-state index < -0.39 is 95.8 Å². The molecule has 3 aliphatic rings. The van der Waals surface area contributed by atoms with Crippen molar-refractivity contribution in [1.82, 2.24) is 25.2 Å². The van der Waals surface area contributed by atoms with Gasteiger partial charge in [0.15, 0.2) is 11.4 Å². The van der Waals surface area contributed by atoms with Gasteiger partial charge in [0, 0.05) is 110 Å². The first-order valence-electron chi connectivity index (χ1n) is 35.6. The molecule has 43 heteroatoms. The minimum Gasteiger partial charge on any atom is -0.450 e. The van der Waals surface area contributed by atoms with Crippen LogP contribution in [0.4, 0.5) is 22.1 Å². The third-order valence-corrected chi connectivity index (χ3v) is 26.0. The first-order chi connectivity index (χ1) is 52.6. The second-order valence-corrected chi connectivity index (χ2v) is 39.6. The Balaban J connectivity index is 0.00000477. The van der Waals surface area contributed by atoms with Crippen LogP contribution in [0.2, 0.25) is 0 Å². The number of nitrogens with two attached hydrogens (primary N) is 1. The molecule has 2 aromatic heterocycles. The number of H-pyrrole nitrogens is 1. The summed E-state index contributed by atoms with van der Waals surface area (Å²) < 4.78 is 145. The molecule has 0 aliphatic carbocycles. The van der Waals surface area contributed by atoms with Crippen LogP contribution in [0.25, 0.3) is 11.0 Å². The molecule has 2 amide bonds. The third kappa shape index (κ3) is 31.1. The molecule has 10 N–H and O–H groups in total. The lowest BCUT2D eigenvalue weighted by atomic mass is 9.81. The molecule has 0 saturated carbocycles. The predicted octanol–water partition coefficient (Wildman–Crippen LogP) is 9.34. The molecule has 3 aliphatic heterocycles. The van der Waals surface area contributed by atoms with Crippen LogP contribution in [0, 0.1) is 11.8 Å². The molecule has 0 radical (unpaired) electrons. The van der Waals surface area contributed by atoms with Gasteiger partial charge in [-0.2, -0.15) is 26.6 Å². The summed E-state index contributed by atoms with van der Waals surface area (Å²) in [5.74, 6) is 6.10. The number of Topliss-reactive ketones (excluding diaryl/α,β-unsaturated/α-hetero) is 1. The highest BCUT2D eigenvalue weighted by molar-refractivity contribution is 8.77. The fourth-order valence-electron chi connectivity index (χ4n) is 12.3. The minimum absolute atomic E-state index is 0.0116. The van der Waals surface area contributed by atoms with Gasteiger partial charge in [-0.05, 0) is 114 Å². The van der Waals surface area contributed by atoms with E-state index in [0.29, 0.717) is 77.6 Å². The number of ketones is 1. The van der Waals surface area contributed by atoms with Crippen LogP contribution in [0.3, 0.4) is 0 Å². The first kappa shape index (κ1) is 95.2. The number of carbonyl (C=O) groups excluding carboxylic acids is 3. The van der Waals surface area contributed by atoms with Crippen molar-refractivity contribution < 1.29 is 119 Å². The number of alkyl carbamates (subject to hydrolysis) is 1. The van der Waals surface area contributed by atoms with Crippen molar-refractivity contribution in [3.63, 3.8) is 0 Å². The number of rotatable bonds is 46. The van der Waals surface area contributed by atoms with Crippen LogP contribution < -0.4 is 26.8 Å². The number of nitrogens with one attached hydrogen (secondary N) is 3. The van der Waals surface area contributed by atoms with Crippen molar-refractivity contribution in [2.45, 2.75) is 164 Å². The fraction of sp³-hybridized carbons (Fsp3) is 0.565. The molecule has 3 unspecified atom stereocenters. The van der Waals surface area contributed by atoms with Gasteiger partial charge in [-0.25, -0.2) is 18.5 Å². The van der Waals surface area contributed by atoms with Crippen LogP contribution in [0.5, 0.6) is 0 Å². The quantitative estimate of drug-likeness (QED) is 0.00290. The Morgan fingerprint density at radius 1 is 0.875 bits per heavy atom. The number of phosphoric ester groups is 1. The molecule has 112 heavy (non-hydrogen) atoms. The average molecular weight is 1740 g/mol. The molecule has 622 valence electrons. The topological polar surface area (TPSA) is 479 Å². The third-order valence-electron chi connectivity index (χ3n) is 17.6. The Morgan fingerprint density at radius 2 is 1.56 bits per heavy atom. The molecular weight excluding hydrogens is 1640 g/mol. The van der Waals surface area contributed by atoms with E-state index in [2.05, 4.69) is 128 Å². The molecular formula is C69H100N8O26P3S6+. The zero-order valence-electron chi connectivity index (χ0n) is 63.4. The second-order valence-electron chi connectivity index (χ2n) is 27.3. The number of unbranched alkanes of at least 4 members (excludes halogenated alkanes) is 4. The van der Waals surface area contributed by atoms with E-state index in [1.165, 1.54) is 33.8 Å². The number of ether oxygens (including phenoxy) is 6. The first-order valence-corrected chi connectivity index (χ1v) is 47.6. The van der Waals surface area contributed by atoms with Gasteiger partial charge < -0.3 is 73.8 Å². The zero-order valence-corrected chi connectivity index (χ0v) is 71.0. The van der Waals surface area contributed by atoms with E-state index in [4.69, 9.17) is 72.3 Å². The number of nitrogen functional groups attached to an aromatic ring is 1. The molecule has 5 heterocycles. The van der Waals surface area contributed by atoms with E-state index in [-0.39, 0.29) is 94.3 Å². The lowest BCUT2D eigenvalue weighted by molar-refractivity contribution is -0.438. The van der Waals surface area contributed by atoms with Crippen LogP contribution >= 0.6 is 45.1 Å². The minimum atomic E-state index is -5.79. The van der Waals surface area contributed by atoms with Crippen LogP contribution in [0.1, 0.15) is 148 Å². The number of likely N-dealkylation sites (N-methyl/N-ethyl adjacent to an activating group) is 1. The monoisotopic (exact) mass is 1740 g/mol. The van der Waals surface area contributed by atoms with Gasteiger partial charge in [0.05, 0.1) is 72.9 Å². The van der Waals surface area contributed by atoms with Crippen molar-refractivity contribution in [2.75, 3.05) is 101 Å². The van der Waals surface area contributed by atoms with Crippen molar-refractivity contribution in [3.8, 4) is 11.8 Å². The Morgan fingerprint density at radius 3 is 2.25 bits per heavy atom. The Bertz CT molecular complexity index is 4590. The van der Waals surface area contributed by atoms with E-state index in [1.807, 2.05) is 26.0 Å². The van der Waals surface area contributed by atoms with E-state index in [0.717, 1.165) is 49.2 Å². The number of carbonyl (C=O) groups is 3. The zero-order chi connectivity index (χ0) is 82.7. The normalized spacial score (nSPS) is 18.4. The summed E-state index contributed by atoms with van der Waals surface area (Å²) in [7, 11) is -21.9. The summed E-state index contributed by atoms with van der Waals surface area (Å²) in [4.78, 5) is 97.3. The van der Waals surface area contributed by atoms with Gasteiger partial charge in [0.2, 0.25) is 17.5 Å². The number of benzene rings is 2. The maximum Gasteiger partial charge on any atom is 0.490 e. The Kier molecular flexibility index (Phi) is 37.9. The van der Waals surface area contributed by atoms with E-state index >= 15 is 0 Å². The number of aromatic nitrogens is 3. The summed E-state index contributed by atoms with van der Waals surface area (Å²) in [6.45, 7) is 18.0. The van der Waals surface area contributed by atoms with Crippen LogP contribution in [-0.2, 0) is 117 Å². The highest BCUT2D eigenvalue weighted by Gasteiger charge is 2.47. The molecule has 1 fully saturated rings. The van der Waals surface area contributed by atoms with Gasteiger partial charge in [-0.15, -0.1) is 12.6 Å². The highest BCUT2D eigenvalue weighted by atomic mass is 33.1. The molecule has 7 rings (SSSR count). The van der Waals surface area contributed by atoms with E-state index in [9.17, 15) is 55.6 Å². The molecule has 0 bridgehead atoms. The average Bonchev–Trinajstić information content (AvgIpc) is 1.60. The SMILES string of the molecule is CCN1\C(=C/C=C/C=C/C2=[N+](CCCCCC(=O)NCCOCCOCCNC(=O)OCCC(C)(C)SSCOCCCCCC(=O)CCC#Cc3cn([C@H]4C[C@H](OCS(C)=S)[C@@H](COP(=O)(O)OP(=O)(O)OP(=O)(O)O)O4)c4nc(N)[nH]c(=O)c34)c3ccc(S(=O)(=O)O)cc3C2(C)C)C(C)(C)c2ccccc21.O=S(=O)=O. The highest BCUT2D eigenvalue weighted by Crippen LogP contribution is 2.66. The number of hydrogen-bond donors (Lipinski definition) is 9. The summed E-state index contributed by atoms with van der Waals surface area (Å²) in [6, 6.07) is 13.2. The van der Waals surface area contributed by atoms with Gasteiger partial charge >= 0.3 is 40.2 Å². The lowest BCUT2D eigenvalue weighted by Crippen LogP contribution is -2.30. The molecule has 6 atom stereocenters. The van der Waals surface area contributed by atoms with Crippen molar-refractivity contribution in [2.24, 2.45) is 0 Å². The number of nitrogens with zero attached hydrogens (tertiary/aromatic N) is 4. The number of hydrogen-bond acceptors (Lipinski definition) is 27. The summed E-state index contributed by atoms with van der Waals surface area (Å²) in [6.07, 6.45) is 16.1. The molecule has 34 nitrogen and oxygen atoms in total. The van der Waals surface area contributed by atoms with Crippen LogP contribution in [-0.4, -0.2) is 195 Å². The van der Waals surface area contributed by atoms with E-state index in [1.54, 1.807) is 40.0 Å². The summed E-state index contributed by atoms with van der Waals surface area (Å²) in [5.41, 5.74) is 11.3. The standard InChI is InChI=1S/C69H99N8O23P3S5.O3S/c1-9-75-54-27-20-19-26-52(54)68(4,5)58(75)28-14-10-15-29-59-69(6,7)53-43-51(108(89,90)91)31-32-55(53)76(59)36-21-11-16-30-60(79)71-34-39-92-41-42-93-40-35-72-66(81)95-38-33-67(2,3)106-105-47-94-37-22-12-13-24-50(78)25-18-17-23-49-45-77(63-62(49)64(80)74-65(70)73-63)61-44-56(96-48-107(8)104)57(98-61)46-97-102(85,86)100-103(87,88)99-101(82,83)84;1-4(2)3/h10,14-15,19-20,26-29,31-32,43,45,56-57,61H,9,11-13,16,18,21-22,24-25,30,33-42,44,46-48H2,1-8H3,(H9-,70,71,72,73,74,79,80,81,82,83,84,85,86,87,88,89,90,91);/p+1/t56-,57+,61+,107?;/m0./s1. The number of amides is 2. The van der Waals surface area contributed by atoms with Crippen molar-refractivity contribution in [3.05, 3.63) is 112 Å². The maximum absolute atomic E-state index is 13.2. The number of phosphoric acid groups is 3. The Labute approximate surface area is 667 Å². The predicted molar refractivity (Wildman–Crippen MR) is 428 cm³/mol.